The molecule has 0 aromatic heterocycles. The molecule has 6 nitrogen and oxygen atoms in total. The standard InChI is InChI=1S/C14H23NO5/c1-13(2,3)20-12(18)15-6-4-14(5-7-15)8-10(9-16)19-11(14)17/h10,16H,4-9H2,1-3H3/t10-/m0/s1. The highest BCUT2D eigenvalue weighted by atomic mass is 16.6. The molecule has 0 aromatic carbocycles. The van der Waals surface area contributed by atoms with E-state index in [9.17, 15) is 9.59 Å². The van der Waals surface area contributed by atoms with Crippen molar-refractivity contribution in [2.45, 2.75) is 51.7 Å². The lowest BCUT2D eigenvalue weighted by molar-refractivity contribution is -0.151. The second kappa shape index (κ2) is 5.24. The van der Waals surface area contributed by atoms with Crippen molar-refractivity contribution >= 4 is 12.1 Å². The fourth-order valence-corrected chi connectivity index (χ4v) is 2.79. The molecular weight excluding hydrogens is 262 g/mol. The predicted molar refractivity (Wildman–Crippen MR) is 71.1 cm³/mol. The number of aliphatic hydroxyl groups excluding tert-OH is 1. The van der Waals surface area contributed by atoms with Gasteiger partial charge >= 0.3 is 12.1 Å². The molecule has 6 heteroatoms. The van der Waals surface area contributed by atoms with Gasteiger partial charge in [0, 0.05) is 19.5 Å². The Morgan fingerprint density at radius 3 is 2.50 bits per heavy atom. The van der Waals surface area contributed by atoms with E-state index in [2.05, 4.69) is 0 Å². The van der Waals surface area contributed by atoms with Crippen molar-refractivity contribution in [1.82, 2.24) is 4.90 Å². The maximum Gasteiger partial charge on any atom is 0.410 e. The van der Waals surface area contributed by atoms with E-state index in [4.69, 9.17) is 14.6 Å². The van der Waals surface area contributed by atoms with Crippen LogP contribution in [0.3, 0.4) is 0 Å². The van der Waals surface area contributed by atoms with Crippen molar-refractivity contribution in [3.63, 3.8) is 0 Å². The number of likely N-dealkylation sites (tertiary alicyclic amines) is 1. The largest absolute Gasteiger partial charge is 0.459 e. The van der Waals surface area contributed by atoms with Crippen LogP contribution in [0.5, 0.6) is 0 Å². The first kappa shape index (κ1) is 15.1. The number of carbonyl (C=O) groups is 2. The average Bonchev–Trinajstić information content (AvgIpc) is 2.65. The highest BCUT2D eigenvalue weighted by Gasteiger charge is 2.50. The van der Waals surface area contributed by atoms with Crippen LogP contribution in [-0.4, -0.2) is 53.5 Å². The van der Waals surface area contributed by atoms with Crippen LogP contribution in [0.25, 0.3) is 0 Å². The Hall–Kier alpha value is -1.30. The number of hydrogen-bond acceptors (Lipinski definition) is 5. The fraction of sp³-hybridized carbons (Fsp3) is 0.857. The third kappa shape index (κ3) is 3.06. The zero-order chi connectivity index (χ0) is 15.0. The normalized spacial score (nSPS) is 25.7. The maximum absolute atomic E-state index is 12.0. The molecule has 2 aliphatic heterocycles. The van der Waals surface area contributed by atoms with Gasteiger partial charge < -0.3 is 19.5 Å². The van der Waals surface area contributed by atoms with Crippen LogP contribution < -0.4 is 0 Å². The number of aliphatic hydroxyl groups is 1. The molecule has 0 radical (unpaired) electrons. The number of hydrogen-bond donors (Lipinski definition) is 1. The van der Waals surface area contributed by atoms with Crippen molar-refractivity contribution in [3.05, 3.63) is 0 Å². The molecule has 20 heavy (non-hydrogen) atoms. The Balaban J connectivity index is 1.93. The highest BCUT2D eigenvalue weighted by molar-refractivity contribution is 5.79. The number of ether oxygens (including phenoxy) is 2. The SMILES string of the molecule is CC(C)(C)OC(=O)N1CCC2(CC1)C[C@@H](CO)OC2=O. The second-order valence-corrected chi connectivity index (χ2v) is 6.66. The van der Waals surface area contributed by atoms with Gasteiger partial charge in [0.15, 0.2) is 0 Å². The number of rotatable bonds is 1. The minimum atomic E-state index is -0.522. The zero-order valence-corrected chi connectivity index (χ0v) is 12.3. The molecule has 2 aliphatic rings. The summed E-state index contributed by atoms with van der Waals surface area (Å²) >= 11 is 0. The summed E-state index contributed by atoms with van der Waals surface area (Å²) < 4.78 is 10.5. The summed E-state index contributed by atoms with van der Waals surface area (Å²) in [6.45, 7) is 6.33. The lowest BCUT2D eigenvalue weighted by Gasteiger charge is -2.37. The van der Waals surface area contributed by atoms with Crippen molar-refractivity contribution in [2.24, 2.45) is 5.41 Å². The van der Waals surface area contributed by atoms with Gasteiger partial charge in [0.2, 0.25) is 0 Å². The Morgan fingerprint density at radius 1 is 1.45 bits per heavy atom. The first-order valence-electron chi connectivity index (χ1n) is 7.06. The summed E-state index contributed by atoms with van der Waals surface area (Å²) in [6.07, 6.45) is 0.959. The topological polar surface area (TPSA) is 76.1 Å². The van der Waals surface area contributed by atoms with Crippen molar-refractivity contribution in [2.75, 3.05) is 19.7 Å². The fourth-order valence-electron chi connectivity index (χ4n) is 2.79. The summed E-state index contributed by atoms with van der Waals surface area (Å²) in [7, 11) is 0. The van der Waals surface area contributed by atoms with Crippen LogP contribution in [0.2, 0.25) is 0 Å². The highest BCUT2D eigenvalue weighted by Crippen LogP contribution is 2.43. The Kier molecular flexibility index (Phi) is 3.95. The second-order valence-electron chi connectivity index (χ2n) is 6.66. The van der Waals surface area contributed by atoms with Crippen LogP contribution in [-0.2, 0) is 14.3 Å². The number of cyclic esters (lactones) is 1. The van der Waals surface area contributed by atoms with Crippen LogP contribution in [0.15, 0.2) is 0 Å². The third-order valence-electron chi connectivity index (χ3n) is 3.90. The summed E-state index contributed by atoms with van der Waals surface area (Å²) in [6, 6.07) is 0. The first-order valence-corrected chi connectivity index (χ1v) is 7.06. The van der Waals surface area contributed by atoms with Crippen LogP contribution in [0.1, 0.15) is 40.0 Å². The molecule has 2 saturated heterocycles. The van der Waals surface area contributed by atoms with Gasteiger partial charge in [-0.3, -0.25) is 4.79 Å². The van der Waals surface area contributed by atoms with Gasteiger partial charge in [-0.15, -0.1) is 0 Å². The van der Waals surface area contributed by atoms with Crippen LogP contribution in [0, 0.1) is 5.41 Å². The predicted octanol–water partition coefficient (Wildman–Crippen LogP) is 1.31. The van der Waals surface area contributed by atoms with Crippen LogP contribution >= 0.6 is 0 Å². The van der Waals surface area contributed by atoms with Crippen molar-refractivity contribution in [3.8, 4) is 0 Å². The molecule has 2 heterocycles. The van der Waals surface area contributed by atoms with Crippen molar-refractivity contribution < 1.29 is 24.2 Å². The molecule has 0 aliphatic carbocycles. The lowest BCUT2D eigenvalue weighted by Crippen LogP contribution is -2.46. The minimum Gasteiger partial charge on any atom is -0.459 e. The lowest BCUT2D eigenvalue weighted by atomic mass is 9.76. The van der Waals surface area contributed by atoms with Gasteiger partial charge in [0.05, 0.1) is 12.0 Å². The Labute approximate surface area is 119 Å². The van der Waals surface area contributed by atoms with Gasteiger partial charge in [-0.05, 0) is 33.6 Å². The van der Waals surface area contributed by atoms with E-state index in [0.29, 0.717) is 32.4 Å². The summed E-state index contributed by atoms with van der Waals surface area (Å²) in [5.41, 5.74) is -1.04. The molecule has 0 unspecified atom stereocenters. The molecule has 2 fully saturated rings. The first-order chi connectivity index (χ1) is 9.26. The van der Waals surface area contributed by atoms with E-state index in [1.54, 1.807) is 4.90 Å². The molecule has 1 amide bonds. The van der Waals surface area contributed by atoms with E-state index in [-0.39, 0.29) is 18.7 Å². The minimum absolute atomic E-state index is 0.136. The number of carbonyl (C=O) groups excluding carboxylic acids is 2. The van der Waals surface area contributed by atoms with Gasteiger partial charge in [-0.25, -0.2) is 4.79 Å². The smallest absolute Gasteiger partial charge is 0.410 e. The molecule has 0 aromatic rings. The van der Waals surface area contributed by atoms with Gasteiger partial charge in [0.25, 0.3) is 0 Å². The molecule has 0 saturated carbocycles. The van der Waals surface area contributed by atoms with E-state index in [0.717, 1.165) is 0 Å². The molecule has 1 atom stereocenters. The molecule has 1 N–H and O–H groups in total. The molecule has 0 bridgehead atoms. The van der Waals surface area contributed by atoms with E-state index >= 15 is 0 Å². The molecule has 2 rings (SSSR count). The average molecular weight is 285 g/mol. The molecule has 1 spiro atoms. The number of piperidine rings is 1. The Morgan fingerprint density at radius 2 is 2.05 bits per heavy atom. The Bertz CT molecular complexity index is 393. The zero-order valence-electron chi connectivity index (χ0n) is 12.3. The summed E-state index contributed by atoms with van der Waals surface area (Å²) in [5.74, 6) is -0.236. The number of esters is 1. The molecular formula is C14H23NO5. The van der Waals surface area contributed by atoms with Crippen molar-refractivity contribution in [1.29, 1.82) is 0 Å². The van der Waals surface area contributed by atoms with E-state index in [1.165, 1.54) is 0 Å². The third-order valence-corrected chi connectivity index (χ3v) is 3.90. The summed E-state index contributed by atoms with van der Waals surface area (Å²) in [4.78, 5) is 25.6. The van der Waals surface area contributed by atoms with Gasteiger partial charge in [0.1, 0.15) is 11.7 Å². The van der Waals surface area contributed by atoms with E-state index in [1.807, 2.05) is 20.8 Å². The number of amides is 1. The number of nitrogens with zero attached hydrogens (tertiary/aromatic N) is 1. The quantitative estimate of drug-likeness (QED) is 0.735. The molecule has 114 valence electrons. The van der Waals surface area contributed by atoms with Gasteiger partial charge in [-0.2, -0.15) is 0 Å². The maximum atomic E-state index is 12.0. The van der Waals surface area contributed by atoms with Crippen LogP contribution in [0.4, 0.5) is 4.79 Å². The summed E-state index contributed by atoms with van der Waals surface area (Å²) in [5, 5.41) is 9.10. The van der Waals surface area contributed by atoms with Gasteiger partial charge in [-0.1, -0.05) is 0 Å². The van der Waals surface area contributed by atoms with E-state index < -0.39 is 17.1 Å². The monoisotopic (exact) mass is 285 g/mol.